The van der Waals surface area contributed by atoms with Crippen LogP contribution in [0.1, 0.15) is 44.8 Å². The zero-order valence-corrected chi connectivity index (χ0v) is 37.4. The first-order valence-corrected chi connectivity index (χ1v) is 22.8. The van der Waals surface area contributed by atoms with Gasteiger partial charge in [0.1, 0.15) is 0 Å². The second-order valence-corrected chi connectivity index (χ2v) is 17.3. The highest BCUT2D eigenvalue weighted by atomic mass is 32.1. The molecule has 0 aliphatic carbocycles. The number of para-hydroxylation sites is 2. The van der Waals surface area contributed by atoms with Gasteiger partial charge in [0.15, 0.2) is 0 Å². The van der Waals surface area contributed by atoms with Crippen molar-refractivity contribution >= 4 is 93.0 Å². The minimum Gasteiger partial charge on any atom is -0.469 e. The van der Waals surface area contributed by atoms with E-state index in [0.717, 1.165) is 56.4 Å². The number of methoxy groups -OCH3 is 2. The molecule has 0 fully saturated rings. The third-order valence-electron chi connectivity index (χ3n) is 10.8. The molecule has 0 amide bonds. The SMILES string of the molecule is COC(=O)CCc1ccc(N(c2ccccc2)c2ccc(/C=C/c3ccc(-c4ccc(/C=C/c5ccc(N(c6ccccc6)c6ccc(CCC(=O)OC)cc6)cc5)s4)s3)cc2)cc1. The van der Waals surface area contributed by atoms with Crippen molar-refractivity contribution in [2.24, 2.45) is 0 Å². The molecule has 0 aliphatic heterocycles. The van der Waals surface area contributed by atoms with Gasteiger partial charge in [-0.2, -0.15) is 0 Å². The summed E-state index contributed by atoms with van der Waals surface area (Å²) in [4.78, 5) is 32.7. The Kier molecular flexibility index (Phi) is 14.4. The van der Waals surface area contributed by atoms with Gasteiger partial charge in [0.05, 0.1) is 14.2 Å². The molecule has 6 nitrogen and oxygen atoms in total. The van der Waals surface area contributed by atoms with Crippen molar-refractivity contribution in [3.05, 3.63) is 214 Å². The lowest BCUT2D eigenvalue weighted by Gasteiger charge is -2.25. The van der Waals surface area contributed by atoms with Crippen LogP contribution < -0.4 is 9.80 Å². The fraction of sp³-hybridized carbons (Fsp3) is 0.107. The van der Waals surface area contributed by atoms with Gasteiger partial charge in [-0.05, 0) is 144 Å². The number of rotatable bonds is 17. The molecule has 0 spiro atoms. The van der Waals surface area contributed by atoms with Crippen LogP contribution in [0.4, 0.5) is 34.1 Å². The molecule has 318 valence electrons. The molecule has 0 N–H and O–H groups in total. The Bertz CT molecular complexity index is 2610. The van der Waals surface area contributed by atoms with Crippen LogP contribution in [0.25, 0.3) is 34.1 Å². The van der Waals surface area contributed by atoms with Crippen molar-refractivity contribution < 1.29 is 19.1 Å². The fourth-order valence-electron chi connectivity index (χ4n) is 7.34. The smallest absolute Gasteiger partial charge is 0.305 e. The third-order valence-corrected chi connectivity index (χ3v) is 13.1. The number of carbonyl (C=O) groups is 2. The summed E-state index contributed by atoms with van der Waals surface area (Å²) in [5.74, 6) is -0.402. The minimum absolute atomic E-state index is 0.201. The molecule has 0 saturated carbocycles. The first-order chi connectivity index (χ1) is 31.4. The summed E-state index contributed by atoms with van der Waals surface area (Å²) in [6.07, 6.45) is 10.7. The van der Waals surface area contributed by atoms with Crippen LogP contribution in [0.3, 0.4) is 0 Å². The van der Waals surface area contributed by atoms with Crippen LogP contribution in [0.5, 0.6) is 0 Å². The van der Waals surface area contributed by atoms with Crippen LogP contribution in [0.15, 0.2) is 182 Å². The van der Waals surface area contributed by atoms with E-state index in [2.05, 4.69) is 204 Å². The summed E-state index contributed by atoms with van der Waals surface area (Å²) in [6.45, 7) is 0. The summed E-state index contributed by atoms with van der Waals surface area (Å²) < 4.78 is 9.63. The van der Waals surface area contributed by atoms with Crippen LogP contribution in [-0.4, -0.2) is 26.2 Å². The van der Waals surface area contributed by atoms with Crippen molar-refractivity contribution in [2.75, 3.05) is 24.0 Å². The Morgan fingerprint density at radius 2 is 0.734 bits per heavy atom. The summed E-state index contributed by atoms with van der Waals surface area (Å²) in [5.41, 5.74) is 10.8. The van der Waals surface area contributed by atoms with Gasteiger partial charge in [-0.1, -0.05) is 97.1 Å². The van der Waals surface area contributed by atoms with Gasteiger partial charge >= 0.3 is 11.9 Å². The maximum Gasteiger partial charge on any atom is 0.305 e. The number of nitrogens with zero attached hydrogens (tertiary/aromatic N) is 2. The van der Waals surface area contributed by atoms with Gasteiger partial charge in [0, 0.05) is 66.5 Å². The van der Waals surface area contributed by atoms with Crippen LogP contribution in [0.2, 0.25) is 0 Å². The Labute approximate surface area is 383 Å². The number of benzene rings is 6. The maximum atomic E-state index is 11.7. The number of thiophene rings is 2. The largest absolute Gasteiger partial charge is 0.469 e. The monoisotopic (exact) mass is 876 g/mol. The first kappa shape index (κ1) is 43.4. The zero-order valence-electron chi connectivity index (χ0n) is 35.8. The molecule has 0 radical (unpaired) electrons. The van der Waals surface area contributed by atoms with Crippen molar-refractivity contribution in [2.45, 2.75) is 25.7 Å². The predicted octanol–water partition coefficient (Wildman–Crippen LogP) is 15.0. The van der Waals surface area contributed by atoms with Crippen molar-refractivity contribution in [1.29, 1.82) is 0 Å². The van der Waals surface area contributed by atoms with Gasteiger partial charge < -0.3 is 19.3 Å². The number of hydrogen-bond acceptors (Lipinski definition) is 8. The van der Waals surface area contributed by atoms with Crippen LogP contribution in [0, 0.1) is 0 Å². The normalized spacial score (nSPS) is 11.2. The Morgan fingerprint density at radius 1 is 0.406 bits per heavy atom. The van der Waals surface area contributed by atoms with E-state index in [1.807, 2.05) is 12.1 Å². The highest BCUT2D eigenvalue weighted by molar-refractivity contribution is 7.23. The number of esters is 2. The summed E-state index contributed by atoms with van der Waals surface area (Å²) >= 11 is 3.58. The molecule has 6 aromatic carbocycles. The Hall–Kier alpha value is -7.26. The molecule has 0 bridgehead atoms. The van der Waals surface area contributed by atoms with Gasteiger partial charge in [-0.3, -0.25) is 9.59 Å². The van der Waals surface area contributed by atoms with E-state index in [1.165, 1.54) is 33.7 Å². The van der Waals surface area contributed by atoms with Crippen molar-refractivity contribution in [3.8, 4) is 9.75 Å². The highest BCUT2D eigenvalue weighted by Crippen LogP contribution is 2.38. The minimum atomic E-state index is -0.201. The van der Waals surface area contributed by atoms with Crippen LogP contribution >= 0.6 is 22.7 Å². The quantitative estimate of drug-likeness (QED) is 0.0850. The molecule has 0 atom stereocenters. The summed E-state index contributed by atoms with van der Waals surface area (Å²) in [7, 11) is 2.85. The van der Waals surface area contributed by atoms with Gasteiger partial charge in [0.25, 0.3) is 0 Å². The molecule has 2 heterocycles. The highest BCUT2D eigenvalue weighted by Gasteiger charge is 2.15. The molecule has 64 heavy (non-hydrogen) atoms. The van der Waals surface area contributed by atoms with Crippen molar-refractivity contribution in [3.63, 3.8) is 0 Å². The second-order valence-electron chi connectivity index (χ2n) is 15.1. The van der Waals surface area contributed by atoms with E-state index in [9.17, 15) is 9.59 Å². The lowest BCUT2D eigenvalue weighted by molar-refractivity contribution is -0.141. The molecule has 0 unspecified atom stereocenters. The number of carbonyl (C=O) groups excluding carboxylic acids is 2. The van der Waals surface area contributed by atoms with E-state index in [4.69, 9.17) is 9.47 Å². The van der Waals surface area contributed by atoms with Gasteiger partial charge in [-0.25, -0.2) is 0 Å². The number of hydrogen-bond donors (Lipinski definition) is 0. The van der Waals surface area contributed by atoms with Crippen LogP contribution in [-0.2, 0) is 31.9 Å². The Morgan fingerprint density at radius 3 is 1.08 bits per heavy atom. The molecular formula is C56H48N2O4S2. The Balaban J connectivity index is 0.904. The number of anilines is 6. The molecule has 0 aliphatic rings. The number of ether oxygens (including phenoxy) is 2. The number of aryl methyl sites for hydroxylation is 2. The van der Waals surface area contributed by atoms with E-state index in [1.54, 1.807) is 22.7 Å². The summed E-state index contributed by atoms with van der Waals surface area (Å²) in [6, 6.07) is 63.5. The third kappa shape index (κ3) is 11.2. The average molecular weight is 877 g/mol. The van der Waals surface area contributed by atoms with E-state index in [-0.39, 0.29) is 11.9 Å². The van der Waals surface area contributed by atoms with Gasteiger partial charge in [0.2, 0.25) is 0 Å². The predicted molar refractivity (Wildman–Crippen MR) is 268 cm³/mol. The fourth-order valence-corrected chi connectivity index (χ4v) is 9.26. The average Bonchev–Trinajstić information content (AvgIpc) is 4.04. The molecule has 8 aromatic rings. The molecular weight excluding hydrogens is 829 g/mol. The van der Waals surface area contributed by atoms with E-state index < -0.39 is 0 Å². The zero-order chi connectivity index (χ0) is 44.1. The summed E-state index contributed by atoms with van der Waals surface area (Å²) in [5, 5.41) is 0. The topological polar surface area (TPSA) is 59.1 Å². The van der Waals surface area contributed by atoms with E-state index >= 15 is 0 Å². The lowest BCUT2D eigenvalue weighted by atomic mass is 10.1. The first-order valence-electron chi connectivity index (χ1n) is 21.2. The molecule has 8 rings (SSSR count). The molecule has 0 saturated heterocycles. The maximum absolute atomic E-state index is 11.7. The van der Waals surface area contributed by atoms with Gasteiger partial charge in [-0.15, -0.1) is 22.7 Å². The van der Waals surface area contributed by atoms with Crippen molar-refractivity contribution in [1.82, 2.24) is 0 Å². The standard InChI is InChI=1S/C56H48N2O4S2/c1-61-55(59)39-23-43-17-29-49(30-18-43)57(45-9-5-3-6-10-45)47-25-13-41(14-26-47)21-33-51-35-37-53(63-51)54-38-36-52(64-54)34-22-42-15-27-48(28-16-42)58(46-11-7-4-8-12-46)50-31-19-44(20-32-50)24-40-56(60)62-2/h3-22,25-38H,23-24,39-40H2,1-2H3/b33-21+,34-22+. The lowest BCUT2D eigenvalue weighted by Crippen LogP contribution is -2.10. The second kappa shape index (κ2) is 21.2. The van der Waals surface area contributed by atoms with E-state index in [0.29, 0.717) is 25.7 Å². The molecule has 8 heteroatoms. The molecule has 2 aromatic heterocycles.